The van der Waals surface area contributed by atoms with Gasteiger partial charge in [0.15, 0.2) is 11.3 Å². The van der Waals surface area contributed by atoms with Crippen LogP contribution in [-0.2, 0) is 0 Å². The van der Waals surface area contributed by atoms with Gasteiger partial charge in [-0.2, -0.15) is 0 Å². The van der Waals surface area contributed by atoms with Crippen molar-refractivity contribution in [3.63, 3.8) is 0 Å². The summed E-state index contributed by atoms with van der Waals surface area (Å²) in [5.74, 6) is -0.287. The smallest absolute Gasteiger partial charge is 0.290 e. The van der Waals surface area contributed by atoms with Crippen LogP contribution in [0.1, 0.15) is 24.4 Å². The number of carbonyl (C=O) groups excluding carboxylic acids is 1. The molecule has 1 N–H and O–H groups in total. The first-order valence-corrected chi connectivity index (χ1v) is 9.12. The summed E-state index contributed by atoms with van der Waals surface area (Å²) in [5.41, 5.74) is 1.88. The van der Waals surface area contributed by atoms with Crippen molar-refractivity contribution in [1.82, 2.24) is 15.2 Å². The first-order valence-electron chi connectivity index (χ1n) is 8.74. The van der Waals surface area contributed by atoms with Gasteiger partial charge in [-0.15, -0.1) is 12.4 Å². The molecule has 0 radical (unpaired) electrons. The van der Waals surface area contributed by atoms with E-state index in [9.17, 15) is 9.18 Å². The molecule has 148 valence electrons. The van der Waals surface area contributed by atoms with E-state index in [1.165, 1.54) is 12.1 Å². The Bertz CT molecular complexity index is 1020. The summed E-state index contributed by atoms with van der Waals surface area (Å²) in [6.45, 7) is 6.08. The number of carbonyl (C=O) groups is 1. The molecule has 1 aliphatic rings. The van der Waals surface area contributed by atoms with E-state index < -0.39 is 0 Å². The van der Waals surface area contributed by atoms with Gasteiger partial charge in [-0.3, -0.25) is 4.79 Å². The molecule has 1 saturated heterocycles. The molecule has 5 nitrogen and oxygen atoms in total. The van der Waals surface area contributed by atoms with Crippen molar-refractivity contribution in [3.8, 4) is 11.3 Å². The number of nitrogens with zero attached hydrogens (tertiary/aromatic N) is 2. The SMILES string of the molecule is CC1(C)CNCCN1C(=O)c1cc2nc(-c3ccc(F)cc3)cc(Cl)c2o1.Cl. The van der Waals surface area contributed by atoms with Crippen LogP contribution >= 0.6 is 24.0 Å². The predicted octanol–water partition coefficient (Wildman–Crippen LogP) is 4.53. The minimum Gasteiger partial charge on any atom is -0.448 e. The van der Waals surface area contributed by atoms with Crippen LogP contribution < -0.4 is 5.32 Å². The molecule has 1 amide bonds. The number of pyridine rings is 1. The topological polar surface area (TPSA) is 58.4 Å². The Morgan fingerprint density at radius 3 is 2.68 bits per heavy atom. The monoisotopic (exact) mass is 423 g/mol. The zero-order valence-electron chi connectivity index (χ0n) is 15.5. The molecule has 1 aliphatic heterocycles. The van der Waals surface area contributed by atoms with Gasteiger partial charge in [0.05, 0.1) is 16.3 Å². The normalized spacial score (nSPS) is 16.1. The number of furan rings is 1. The van der Waals surface area contributed by atoms with E-state index in [1.807, 2.05) is 13.8 Å². The number of aromatic nitrogens is 1. The van der Waals surface area contributed by atoms with Crippen LogP contribution in [0.25, 0.3) is 22.4 Å². The molecule has 28 heavy (non-hydrogen) atoms. The van der Waals surface area contributed by atoms with Crippen molar-refractivity contribution in [2.75, 3.05) is 19.6 Å². The van der Waals surface area contributed by atoms with E-state index in [-0.39, 0.29) is 35.4 Å². The lowest BCUT2D eigenvalue weighted by Gasteiger charge is -2.42. The average Bonchev–Trinajstić information content (AvgIpc) is 3.06. The van der Waals surface area contributed by atoms with Crippen LogP contribution in [0.4, 0.5) is 4.39 Å². The Hall–Kier alpha value is -2.15. The highest BCUT2D eigenvalue weighted by molar-refractivity contribution is 6.35. The lowest BCUT2D eigenvalue weighted by Crippen LogP contribution is -2.59. The first-order chi connectivity index (χ1) is 12.8. The highest BCUT2D eigenvalue weighted by atomic mass is 35.5. The van der Waals surface area contributed by atoms with Crippen molar-refractivity contribution >= 4 is 41.0 Å². The van der Waals surface area contributed by atoms with Crippen LogP contribution in [0.2, 0.25) is 5.02 Å². The second-order valence-electron chi connectivity index (χ2n) is 7.27. The number of rotatable bonds is 2. The number of piperazine rings is 1. The lowest BCUT2D eigenvalue weighted by molar-refractivity contribution is 0.0448. The molecular formula is C20H20Cl2FN3O2. The Morgan fingerprint density at radius 2 is 2.00 bits per heavy atom. The van der Waals surface area contributed by atoms with Gasteiger partial charge in [0.2, 0.25) is 0 Å². The summed E-state index contributed by atoms with van der Waals surface area (Å²) >= 11 is 6.36. The maximum absolute atomic E-state index is 13.2. The molecule has 1 fully saturated rings. The second kappa shape index (κ2) is 7.70. The van der Waals surface area contributed by atoms with E-state index >= 15 is 0 Å². The van der Waals surface area contributed by atoms with Gasteiger partial charge in [0.25, 0.3) is 5.91 Å². The van der Waals surface area contributed by atoms with E-state index in [4.69, 9.17) is 16.0 Å². The van der Waals surface area contributed by atoms with Gasteiger partial charge in [-0.25, -0.2) is 9.37 Å². The number of amides is 1. The third-order valence-corrected chi connectivity index (χ3v) is 5.11. The summed E-state index contributed by atoms with van der Waals surface area (Å²) in [7, 11) is 0. The third-order valence-electron chi connectivity index (χ3n) is 4.83. The van der Waals surface area contributed by atoms with Gasteiger partial charge in [0.1, 0.15) is 11.3 Å². The van der Waals surface area contributed by atoms with Crippen molar-refractivity contribution in [2.24, 2.45) is 0 Å². The summed E-state index contributed by atoms with van der Waals surface area (Å²) < 4.78 is 18.9. The van der Waals surface area contributed by atoms with Crippen LogP contribution in [0.3, 0.4) is 0 Å². The number of halogens is 3. The zero-order valence-corrected chi connectivity index (χ0v) is 17.0. The number of hydrogen-bond donors (Lipinski definition) is 1. The molecule has 8 heteroatoms. The minimum absolute atomic E-state index is 0. The van der Waals surface area contributed by atoms with Gasteiger partial charge in [-0.1, -0.05) is 11.6 Å². The molecule has 0 unspecified atom stereocenters. The van der Waals surface area contributed by atoms with Crippen LogP contribution in [-0.4, -0.2) is 41.0 Å². The van der Waals surface area contributed by atoms with Gasteiger partial charge < -0.3 is 14.6 Å². The largest absolute Gasteiger partial charge is 0.448 e. The molecule has 0 spiro atoms. The maximum atomic E-state index is 13.2. The number of nitrogens with one attached hydrogen (secondary N) is 1. The van der Waals surface area contributed by atoms with E-state index in [0.29, 0.717) is 34.9 Å². The fraction of sp³-hybridized carbons (Fsp3) is 0.300. The van der Waals surface area contributed by atoms with E-state index in [1.54, 1.807) is 29.2 Å². The van der Waals surface area contributed by atoms with Crippen LogP contribution in [0, 0.1) is 5.82 Å². The van der Waals surface area contributed by atoms with E-state index in [2.05, 4.69) is 10.3 Å². The van der Waals surface area contributed by atoms with Crippen molar-refractivity contribution in [2.45, 2.75) is 19.4 Å². The Morgan fingerprint density at radius 1 is 1.29 bits per heavy atom. The number of benzene rings is 1. The molecule has 0 saturated carbocycles. The molecule has 2 aromatic heterocycles. The molecule has 3 aromatic rings. The Balaban J connectivity index is 0.00000225. The minimum atomic E-state index is -0.319. The Kier molecular flexibility index (Phi) is 5.66. The van der Waals surface area contributed by atoms with Crippen LogP contribution in [0.5, 0.6) is 0 Å². The summed E-state index contributed by atoms with van der Waals surface area (Å²) in [6, 6.07) is 9.28. The molecule has 4 rings (SSSR count). The standard InChI is InChI=1S/C20H19ClFN3O2.ClH/c1-20(2)11-23-7-8-25(20)19(26)17-10-16-18(27-17)14(21)9-15(24-16)12-3-5-13(22)6-4-12;/h3-6,9-10,23H,7-8,11H2,1-2H3;1H. The molecule has 0 aliphatic carbocycles. The summed E-state index contributed by atoms with van der Waals surface area (Å²) in [6.07, 6.45) is 0. The fourth-order valence-electron chi connectivity index (χ4n) is 3.35. The van der Waals surface area contributed by atoms with Gasteiger partial charge >= 0.3 is 0 Å². The van der Waals surface area contributed by atoms with Gasteiger partial charge in [-0.05, 0) is 44.2 Å². The fourth-order valence-corrected chi connectivity index (χ4v) is 3.59. The quantitative estimate of drug-likeness (QED) is 0.657. The molecule has 0 atom stereocenters. The maximum Gasteiger partial charge on any atom is 0.290 e. The third kappa shape index (κ3) is 3.72. The highest BCUT2D eigenvalue weighted by Gasteiger charge is 2.35. The predicted molar refractivity (Wildman–Crippen MR) is 110 cm³/mol. The van der Waals surface area contributed by atoms with E-state index in [0.717, 1.165) is 12.1 Å². The Labute approximate surface area is 173 Å². The second-order valence-corrected chi connectivity index (χ2v) is 7.67. The van der Waals surface area contributed by atoms with Crippen molar-refractivity contribution < 1.29 is 13.6 Å². The molecule has 3 heterocycles. The van der Waals surface area contributed by atoms with Gasteiger partial charge in [0, 0.05) is 31.3 Å². The molecular weight excluding hydrogens is 404 g/mol. The lowest BCUT2D eigenvalue weighted by atomic mass is 10.00. The van der Waals surface area contributed by atoms with Crippen molar-refractivity contribution in [1.29, 1.82) is 0 Å². The number of hydrogen-bond acceptors (Lipinski definition) is 4. The molecule has 0 bridgehead atoms. The average molecular weight is 424 g/mol. The number of fused-ring (bicyclic) bond motifs is 1. The summed E-state index contributed by atoms with van der Waals surface area (Å²) in [5, 5.41) is 3.65. The summed E-state index contributed by atoms with van der Waals surface area (Å²) in [4.78, 5) is 19.3. The zero-order chi connectivity index (χ0) is 19.2. The molecule has 1 aromatic carbocycles. The van der Waals surface area contributed by atoms with Crippen molar-refractivity contribution in [3.05, 3.63) is 53.0 Å². The van der Waals surface area contributed by atoms with Crippen LogP contribution in [0.15, 0.2) is 40.8 Å². The highest BCUT2D eigenvalue weighted by Crippen LogP contribution is 2.31. The first kappa shape index (κ1) is 20.6.